The summed E-state index contributed by atoms with van der Waals surface area (Å²) in [5, 5.41) is 0.632. The van der Waals surface area contributed by atoms with Gasteiger partial charge in [-0.25, -0.2) is 9.59 Å². The molecule has 0 aliphatic rings. The molecular formula is C13H15ClO4. The molecule has 0 aliphatic carbocycles. The molecule has 0 N–H and O–H groups in total. The third-order valence-electron chi connectivity index (χ3n) is 2.36. The lowest BCUT2D eigenvalue weighted by atomic mass is 10.1. The number of rotatable bonds is 4. The van der Waals surface area contributed by atoms with Gasteiger partial charge in [0.05, 0.1) is 13.2 Å². The molecule has 0 unspecified atom stereocenters. The molecule has 0 saturated carbocycles. The molecule has 98 valence electrons. The van der Waals surface area contributed by atoms with Crippen molar-refractivity contribution in [3.8, 4) is 0 Å². The second-order valence-corrected chi connectivity index (χ2v) is 4.11. The van der Waals surface area contributed by atoms with Gasteiger partial charge < -0.3 is 9.47 Å². The van der Waals surface area contributed by atoms with Gasteiger partial charge in [-0.15, -0.1) is 0 Å². The summed E-state index contributed by atoms with van der Waals surface area (Å²) in [5.41, 5.74) is 2.05. The number of benzene rings is 1. The molecule has 0 amide bonds. The van der Waals surface area contributed by atoms with Gasteiger partial charge in [0.2, 0.25) is 0 Å². The molecule has 0 heterocycles. The van der Waals surface area contributed by atoms with Crippen molar-refractivity contribution in [3.63, 3.8) is 0 Å². The Bertz CT molecular complexity index is 443. The van der Waals surface area contributed by atoms with Gasteiger partial charge in [0.15, 0.2) is 0 Å². The van der Waals surface area contributed by atoms with Crippen LogP contribution in [-0.4, -0.2) is 25.2 Å². The van der Waals surface area contributed by atoms with E-state index in [1.807, 2.05) is 19.1 Å². The maximum atomic E-state index is 11.2. The number of aryl methyl sites for hydroxylation is 1. The van der Waals surface area contributed by atoms with Crippen molar-refractivity contribution >= 4 is 23.5 Å². The lowest BCUT2D eigenvalue weighted by Crippen LogP contribution is -2.21. The summed E-state index contributed by atoms with van der Waals surface area (Å²) in [5.74, 6) is -1.92. The summed E-state index contributed by atoms with van der Waals surface area (Å²) in [6, 6.07) is 5.50. The summed E-state index contributed by atoms with van der Waals surface area (Å²) in [6.45, 7) is 3.85. The highest BCUT2D eigenvalue weighted by atomic mass is 35.5. The first-order valence-corrected chi connectivity index (χ1v) is 6.01. The van der Waals surface area contributed by atoms with E-state index in [2.05, 4.69) is 4.74 Å². The Morgan fingerprint density at radius 3 is 2.56 bits per heavy atom. The topological polar surface area (TPSA) is 52.6 Å². The second-order valence-electron chi connectivity index (χ2n) is 3.68. The van der Waals surface area contributed by atoms with Crippen LogP contribution >= 0.6 is 11.6 Å². The first-order chi connectivity index (χ1) is 8.54. The van der Waals surface area contributed by atoms with Crippen molar-refractivity contribution < 1.29 is 19.1 Å². The zero-order chi connectivity index (χ0) is 13.5. The van der Waals surface area contributed by atoms with Crippen molar-refractivity contribution in [3.05, 3.63) is 34.3 Å². The molecule has 0 fully saturated rings. The van der Waals surface area contributed by atoms with Gasteiger partial charge in [0.1, 0.15) is 0 Å². The summed E-state index contributed by atoms with van der Waals surface area (Å²) >= 11 is 5.87. The maximum Gasteiger partial charge on any atom is 0.417 e. The van der Waals surface area contributed by atoms with Crippen LogP contribution in [0.1, 0.15) is 18.1 Å². The number of carbonyl (C=O) groups excluding carboxylic acids is 2. The molecule has 1 aromatic rings. The largest absolute Gasteiger partial charge is 0.458 e. The Labute approximate surface area is 111 Å². The van der Waals surface area contributed by atoms with E-state index >= 15 is 0 Å². The van der Waals surface area contributed by atoms with Gasteiger partial charge in [0, 0.05) is 11.4 Å². The van der Waals surface area contributed by atoms with Crippen molar-refractivity contribution in [1.82, 2.24) is 0 Å². The first-order valence-electron chi connectivity index (χ1n) is 5.63. The molecule has 18 heavy (non-hydrogen) atoms. The highest BCUT2D eigenvalue weighted by molar-refractivity contribution is 6.30. The molecule has 5 heteroatoms. The highest BCUT2D eigenvalue weighted by Gasteiger charge is 2.16. The van der Waals surface area contributed by atoms with Crippen LogP contribution in [0.2, 0.25) is 5.02 Å². The van der Waals surface area contributed by atoms with Gasteiger partial charge in [0.25, 0.3) is 0 Å². The lowest BCUT2D eigenvalue weighted by molar-refractivity contribution is -0.167. The first kappa shape index (κ1) is 14.5. The molecule has 0 atom stereocenters. The van der Waals surface area contributed by atoms with Crippen LogP contribution in [0.4, 0.5) is 0 Å². The van der Waals surface area contributed by atoms with Crippen LogP contribution in [0.25, 0.3) is 0 Å². The van der Waals surface area contributed by atoms with Crippen molar-refractivity contribution in [2.45, 2.75) is 20.3 Å². The van der Waals surface area contributed by atoms with Crippen molar-refractivity contribution in [2.24, 2.45) is 0 Å². The van der Waals surface area contributed by atoms with Crippen molar-refractivity contribution in [2.75, 3.05) is 13.2 Å². The van der Waals surface area contributed by atoms with E-state index in [0.29, 0.717) is 11.4 Å². The zero-order valence-corrected chi connectivity index (χ0v) is 11.1. The van der Waals surface area contributed by atoms with Crippen LogP contribution in [0, 0.1) is 6.92 Å². The minimum absolute atomic E-state index is 0.124. The monoisotopic (exact) mass is 270 g/mol. The normalized spacial score (nSPS) is 9.94. The quantitative estimate of drug-likeness (QED) is 0.622. The molecule has 0 aliphatic heterocycles. The van der Waals surface area contributed by atoms with Crippen LogP contribution in [0.3, 0.4) is 0 Å². The highest BCUT2D eigenvalue weighted by Crippen LogP contribution is 2.15. The van der Waals surface area contributed by atoms with Gasteiger partial charge in [-0.05, 0) is 37.1 Å². The van der Waals surface area contributed by atoms with E-state index in [1.165, 1.54) is 0 Å². The summed E-state index contributed by atoms with van der Waals surface area (Å²) in [6.07, 6.45) is 0.511. The molecule has 1 aromatic carbocycles. The fraction of sp³-hybridized carbons (Fsp3) is 0.385. The standard InChI is InChI=1S/C13H15ClO4/c1-3-17-12(15)13(16)18-7-6-10-8-11(14)5-4-9(10)2/h4-5,8H,3,6-7H2,1-2H3. The number of carbonyl (C=O) groups is 2. The molecule has 0 bridgehead atoms. The zero-order valence-electron chi connectivity index (χ0n) is 10.4. The van der Waals surface area contributed by atoms with E-state index in [-0.39, 0.29) is 13.2 Å². The molecule has 0 aromatic heterocycles. The third-order valence-corrected chi connectivity index (χ3v) is 2.59. The maximum absolute atomic E-state index is 11.2. The Kier molecular flexibility index (Phi) is 5.65. The van der Waals surface area contributed by atoms with Crippen LogP contribution < -0.4 is 0 Å². The van der Waals surface area contributed by atoms with E-state index in [9.17, 15) is 9.59 Å². The number of ether oxygens (including phenoxy) is 2. The average Bonchev–Trinajstić information content (AvgIpc) is 2.33. The number of hydrogen-bond acceptors (Lipinski definition) is 4. The molecule has 0 spiro atoms. The van der Waals surface area contributed by atoms with E-state index in [4.69, 9.17) is 16.3 Å². The minimum Gasteiger partial charge on any atom is -0.458 e. The summed E-state index contributed by atoms with van der Waals surface area (Å²) in [7, 11) is 0. The summed E-state index contributed by atoms with van der Waals surface area (Å²) in [4.78, 5) is 22.1. The minimum atomic E-state index is -0.962. The van der Waals surface area contributed by atoms with Gasteiger partial charge in [-0.3, -0.25) is 0 Å². The SMILES string of the molecule is CCOC(=O)C(=O)OCCc1cc(Cl)ccc1C. The lowest BCUT2D eigenvalue weighted by Gasteiger charge is -2.07. The predicted molar refractivity (Wildman–Crippen MR) is 67.5 cm³/mol. The van der Waals surface area contributed by atoms with E-state index in [0.717, 1.165) is 11.1 Å². The fourth-order valence-corrected chi connectivity index (χ4v) is 1.61. The van der Waals surface area contributed by atoms with Gasteiger partial charge in [-0.1, -0.05) is 17.7 Å². The molecule has 0 saturated heterocycles. The fourth-order valence-electron chi connectivity index (χ4n) is 1.41. The Hall–Kier alpha value is -1.55. The smallest absolute Gasteiger partial charge is 0.417 e. The van der Waals surface area contributed by atoms with Crippen molar-refractivity contribution in [1.29, 1.82) is 0 Å². The third kappa shape index (κ3) is 4.37. The van der Waals surface area contributed by atoms with Crippen LogP contribution in [0.5, 0.6) is 0 Å². The average molecular weight is 271 g/mol. The Balaban J connectivity index is 2.44. The van der Waals surface area contributed by atoms with E-state index < -0.39 is 11.9 Å². The van der Waals surface area contributed by atoms with Gasteiger partial charge in [-0.2, -0.15) is 0 Å². The molecule has 0 radical (unpaired) electrons. The Morgan fingerprint density at radius 2 is 1.89 bits per heavy atom. The molecule has 1 rings (SSSR count). The van der Waals surface area contributed by atoms with E-state index in [1.54, 1.807) is 13.0 Å². The number of halogens is 1. The molecule has 4 nitrogen and oxygen atoms in total. The number of esters is 2. The van der Waals surface area contributed by atoms with Crippen LogP contribution in [0.15, 0.2) is 18.2 Å². The number of hydrogen-bond donors (Lipinski definition) is 0. The second kappa shape index (κ2) is 7.01. The Morgan fingerprint density at radius 1 is 1.22 bits per heavy atom. The molecular weight excluding hydrogens is 256 g/mol. The predicted octanol–water partition coefficient (Wildman–Crippen LogP) is 2.30. The summed E-state index contributed by atoms with van der Waals surface area (Å²) < 4.78 is 9.31. The van der Waals surface area contributed by atoms with Gasteiger partial charge >= 0.3 is 11.9 Å². The van der Waals surface area contributed by atoms with Crippen LogP contribution in [-0.2, 0) is 25.5 Å².